The standard InChI is InChI=1S/C21H22F2N4O3/c22-17(23)19-25-24-18(30-19)13-6-7-14-10-26(21(29)16(14)9-13)11-15-3-1-2-8-27(15)20(28)12-4-5-12/h6-7,9,12,15,17H,1-5,8,10-11H2/t15-/m1/s1. The molecule has 3 aliphatic rings. The fourth-order valence-electron chi connectivity index (χ4n) is 4.38. The largest absolute Gasteiger partial charge is 0.415 e. The summed E-state index contributed by atoms with van der Waals surface area (Å²) in [7, 11) is 0. The Balaban J connectivity index is 1.32. The fraction of sp³-hybridized carbons (Fsp3) is 0.524. The maximum Gasteiger partial charge on any atom is 0.314 e. The van der Waals surface area contributed by atoms with Crippen LogP contribution in [-0.4, -0.2) is 50.9 Å². The number of aromatic nitrogens is 2. The van der Waals surface area contributed by atoms with Gasteiger partial charge in [-0.05, 0) is 49.8 Å². The second-order valence-electron chi connectivity index (χ2n) is 8.26. The Morgan fingerprint density at radius 2 is 2.03 bits per heavy atom. The fourth-order valence-corrected chi connectivity index (χ4v) is 4.38. The van der Waals surface area contributed by atoms with Crippen LogP contribution in [0.2, 0.25) is 0 Å². The van der Waals surface area contributed by atoms with E-state index in [-0.39, 0.29) is 29.7 Å². The molecular formula is C21H22F2N4O3. The molecule has 0 N–H and O–H groups in total. The van der Waals surface area contributed by atoms with Crippen molar-refractivity contribution in [3.8, 4) is 11.5 Å². The second kappa shape index (κ2) is 7.45. The van der Waals surface area contributed by atoms with E-state index in [1.807, 2.05) is 4.90 Å². The van der Waals surface area contributed by atoms with E-state index in [1.54, 1.807) is 23.1 Å². The third kappa shape index (κ3) is 3.46. The maximum absolute atomic E-state index is 13.0. The zero-order valence-electron chi connectivity index (χ0n) is 16.4. The average molecular weight is 416 g/mol. The topological polar surface area (TPSA) is 79.5 Å². The molecule has 0 spiro atoms. The predicted octanol–water partition coefficient (Wildman–Crippen LogP) is 3.42. The van der Waals surface area contributed by atoms with Crippen LogP contribution in [0.1, 0.15) is 60.3 Å². The van der Waals surface area contributed by atoms with Gasteiger partial charge in [-0.3, -0.25) is 9.59 Å². The van der Waals surface area contributed by atoms with Gasteiger partial charge in [0, 0.05) is 42.7 Å². The lowest BCUT2D eigenvalue weighted by molar-refractivity contribution is -0.136. The molecule has 2 fully saturated rings. The van der Waals surface area contributed by atoms with Crippen LogP contribution in [0.3, 0.4) is 0 Å². The molecule has 2 amide bonds. The van der Waals surface area contributed by atoms with Crippen LogP contribution in [0, 0.1) is 5.92 Å². The van der Waals surface area contributed by atoms with Gasteiger partial charge in [-0.15, -0.1) is 10.2 Å². The summed E-state index contributed by atoms with van der Waals surface area (Å²) in [5.74, 6) is -0.488. The Hall–Kier alpha value is -2.84. The molecule has 1 saturated carbocycles. The molecule has 0 radical (unpaired) electrons. The minimum Gasteiger partial charge on any atom is -0.415 e. The molecular weight excluding hydrogens is 394 g/mol. The number of hydrogen-bond acceptors (Lipinski definition) is 5. The van der Waals surface area contributed by atoms with E-state index in [0.29, 0.717) is 24.2 Å². The maximum atomic E-state index is 13.0. The highest BCUT2D eigenvalue weighted by Crippen LogP contribution is 2.34. The number of benzene rings is 1. The number of hydrogen-bond donors (Lipinski definition) is 0. The zero-order chi connectivity index (χ0) is 20.8. The van der Waals surface area contributed by atoms with E-state index in [1.165, 1.54) is 0 Å². The highest BCUT2D eigenvalue weighted by molar-refractivity contribution is 5.99. The molecule has 5 rings (SSSR count). The van der Waals surface area contributed by atoms with Crippen LogP contribution in [0.15, 0.2) is 22.6 Å². The Bertz CT molecular complexity index is 988. The summed E-state index contributed by atoms with van der Waals surface area (Å²) in [6.45, 7) is 1.75. The van der Waals surface area contributed by atoms with E-state index in [9.17, 15) is 18.4 Å². The molecule has 0 bridgehead atoms. The van der Waals surface area contributed by atoms with Gasteiger partial charge in [0.05, 0.1) is 0 Å². The van der Waals surface area contributed by atoms with Gasteiger partial charge < -0.3 is 14.2 Å². The molecule has 1 saturated heterocycles. The Morgan fingerprint density at radius 1 is 1.20 bits per heavy atom. The number of nitrogens with zero attached hydrogens (tertiary/aromatic N) is 4. The first-order valence-electron chi connectivity index (χ1n) is 10.4. The lowest BCUT2D eigenvalue weighted by Gasteiger charge is -2.38. The van der Waals surface area contributed by atoms with Gasteiger partial charge >= 0.3 is 6.43 Å². The summed E-state index contributed by atoms with van der Waals surface area (Å²) in [6.07, 6.45) is 2.08. The van der Waals surface area contributed by atoms with Crippen molar-refractivity contribution < 1.29 is 22.8 Å². The predicted molar refractivity (Wildman–Crippen MR) is 102 cm³/mol. The van der Waals surface area contributed by atoms with Gasteiger partial charge in [0.25, 0.3) is 11.8 Å². The molecule has 1 aromatic heterocycles. The highest BCUT2D eigenvalue weighted by Gasteiger charge is 2.39. The quantitative estimate of drug-likeness (QED) is 0.746. The number of likely N-dealkylation sites (tertiary alicyclic amines) is 1. The van der Waals surface area contributed by atoms with E-state index < -0.39 is 12.3 Å². The minimum absolute atomic E-state index is 0.0344. The van der Waals surface area contributed by atoms with Crippen molar-refractivity contribution in [1.82, 2.24) is 20.0 Å². The molecule has 3 heterocycles. The van der Waals surface area contributed by atoms with Crippen LogP contribution in [0.5, 0.6) is 0 Å². The van der Waals surface area contributed by atoms with Crippen LogP contribution >= 0.6 is 0 Å². The first-order valence-corrected chi connectivity index (χ1v) is 10.4. The van der Waals surface area contributed by atoms with Gasteiger partial charge in [-0.2, -0.15) is 8.78 Å². The highest BCUT2D eigenvalue weighted by atomic mass is 19.3. The van der Waals surface area contributed by atoms with Gasteiger partial charge in [-0.25, -0.2) is 0 Å². The van der Waals surface area contributed by atoms with Gasteiger partial charge in [0.2, 0.25) is 11.8 Å². The molecule has 0 unspecified atom stereocenters. The van der Waals surface area contributed by atoms with E-state index in [0.717, 1.165) is 44.2 Å². The zero-order valence-corrected chi connectivity index (χ0v) is 16.4. The SMILES string of the molecule is O=C1c2cc(-c3nnc(C(F)F)o3)ccc2CN1C[C@H]1CCCCN1C(=O)C1CC1. The van der Waals surface area contributed by atoms with Crippen molar-refractivity contribution in [3.05, 3.63) is 35.2 Å². The van der Waals surface area contributed by atoms with Crippen molar-refractivity contribution in [1.29, 1.82) is 0 Å². The normalized spacial score (nSPS) is 21.4. The van der Waals surface area contributed by atoms with Crippen molar-refractivity contribution in [2.24, 2.45) is 5.92 Å². The summed E-state index contributed by atoms with van der Waals surface area (Å²) in [5, 5.41) is 7.00. The number of piperidine rings is 1. The van der Waals surface area contributed by atoms with Crippen molar-refractivity contribution in [2.75, 3.05) is 13.1 Å². The summed E-state index contributed by atoms with van der Waals surface area (Å²) < 4.78 is 30.4. The average Bonchev–Trinajstić information content (AvgIpc) is 3.40. The second-order valence-corrected chi connectivity index (χ2v) is 8.26. The molecule has 30 heavy (non-hydrogen) atoms. The van der Waals surface area contributed by atoms with Crippen LogP contribution in [-0.2, 0) is 11.3 Å². The molecule has 2 aliphatic heterocycles. The molecule has 1 aromatic carbocycles. The molecule has 2 aromatic rings. The third-order valence-corrected chi connectivity index (χ3v) is 6.13. The first-order chi connectivity index (χ1) is 14.5. The van der Waals surface area contributed by atoms with Crippen molar-refractivity contribution in [3.63, 3.8) is 0 Å². The van der Waals surface area contributed by atoms with Gasteiger partial charge in [0.1, 0.15) is 0 Å². The number of fused-ring (bicyclic) bond motifs is 1. The van der Waals surface area contributed by atoms with Crippen LogP contribution in [0.4, 0.5) is 8.78 Å². The number of halogens is 2. The number of carbonyl (C=O) groups is 2. The van der Waals surface area contributed by atoms with E-state index in [2.05, 4.69) is 10.2 Å². The Morgan fingerprint density at radius 3 is 2.77 bits per heavy atom. The summed E-state index contributed by atoms with van der Waals surface area (Å²) >= 11 is 0. The van der Waals surface area contributed by atoms with E-state index >= 15 is 0 Å². The smallest absolute Gasteiger partial charge is 0.314 e. The summed E-state index contributed by atoms with van der Waals surface area (Å²) in [5.41, 5.74) is 1.82. The first kappa shape index (κ1) is 19.1. The van der Waals surface area contributed by atoms with Crippen molar-refractivity contribution >= 4 is 11.8 Å². The Labute approximate surface area is 172 Å². The van der Waals surface area contributed by atoms with E-state index in [4.69, 9.17) is 4.42 Å². The molecule has 158 valence electrons. The van der Waals surface area contributed by atoms with Gasteiger partial charge in [-0.1, -0.05) is 6.07 Å². The number of amides is 2. The number of alkyl halides is 2. The lowest BCUT2D eigenvalue weighted by Crippen LogP contribution is -2.50. The molecule has 1 aliphatic carbocycles. The van der Waals surface area contributed by atoms with Gasteiger partial charge in [0.15, 0.2) is 0 Å². The molecule has 9 heteroatoms. The van der Waals surface area contributed by atoms with Crippen molar-refractivity contribution in [2.45, 2.75) is 51.1 Å². The van der Waals surface area contributed by atoms with Crippen LogP contribution in [0.25, 0.3) is 11.5 Å². The number of carbonyl (C=O) groups excluding carboxylic acids is 2. The minimum atomic E-state index is -2.84. The Kier molecular flexibility index (Phi) is 4.75. The summed E-state index contributed by atoms with van der Waals surface area (Å²) in [6, 6.07) is 5.16. The lowest BCUT2D eigenvalue weighted by atomic mass is 10.0. The summed E-state index contributed by atoms with van der Waals surface area (Å²) in [4.78, 5) is 29.4. The number of rotatable bonds is 5. The molecule has 7 nitrogen and oxygen atoms in total. The molecule has 1 atom stereocenters. The monoisotopic (exact) mass is 416 g/mol. The van der Waals surface area contributed by atoms with Crippen LogP contribution < -0.4 is 0 Å². The third-order valence-electron chi connectivity index (χ3n) is 6.13.